The fraction of sp³-hybridized carbons (Fsp3) is 0.409. The predicted molar refractivity (Wildman–Crippen MR) is 101 cm³/mol. The molecule has 1 aliphatic heterocycles. The first kappa shape index (κ1) is 17.5. The molecule has 0 fully saturated rings. The van der Waals surface area contributed by atoms with E-state index in [1.807, 2.05) is 53.4 Å². The van der Waals surface area contributed by atoms with Crippen LogP contribution in [0.3, 0.4) is 0 Å². The summed E-state index contributed by atoms with van der Waals surface area (Å²) in [6.45, 7) is 10.2. The van der Waals surface area contributed by atoms with Crippen LogP contribution in [-0.2, 0) is 4.79 Å². The van der Waals surface area contributed by atoms with Crippen LogP contribution in [0.1, 0.15) is 44.7 Å². The minimum Gasteiger partial charge on any atom is -0.457 e. The third kappa shape index (κ3) is 3.71. The summed E-state index contributed by atoms with van der Waals surface area (Å²) >= 11 is 0. The summed E-state index contributed by atoms with van der Waals surface area (Å²) in [6.07, 6.45) is 0. The Labute approximate surface area is 150 Å². The van der Waals surface area contributed by atoms with E-state index in [0.29, 0.717) is 11.8 Å². The van der Waals surface area contributed by atoms with Crippen LogP contribution in [0.2, 0.25) is 0 Å². The second-order valence-corrected chi connectivity index (χ2v) is 7.64. The molecule has 3 nitrogen and oxygen atoms in total. The van der Waals surface area contributed by atoms with Gasteiger partial charge in [-0.3, -0.25) is 4.79 Å². The molecule has 0 unspecified atom stereocenters. The molecule has 25 heavy (non-hydrogen) atoms. The molecule has 0 aliphatic carbocycles. The number of para-hydroxylation sites is 2. The van der Waals surface area contributed by atoms with Crippen molar-refractivity contribution in [1.82, 2.24) is 4.90 Å². The number of hydrogen-bond donors (Lipinski definition) is 0. The first-order valence-electron chi connectivity index (χ1n) is 9.12. The molecular weight excluding hydrogens is 310 g/mol. The lowest BCUT2D eigenvalue weighted by Gasteiger charge is -2.33. The van der Waals surface area contributed by atoms with Crippen LogP contribution in [0.4, 0.5) is 0 Å². The van der Waals surface area contributed by atoms with Crippen LogP contribution < -0.4 is 4.74 Å². The molecule has 0 saturated carbocycles. The molecule has 2 aromatic carbocycles. The van der Waals surface area contributed by atoms with Crippen LogP contribution in [0.15, 0.2) is 48.5 Å². The van der Waals surface area contributed by atoms with Gasteiger partial charge in [-0.25, -0.2) is 0 Å². The molecule has 0 aromatic heterocycles. The van der Waals surface area contributed by atoms with Crippen LogP contribution in [-0.4, -0.2) is 23.9 Å². The fourth-order valence-corrected chi connectivity index (χ4v) is 3.49. The van der Waals surface area contributed by atoms with E-state index in [0.717, 1.165) is 35.7 Å². The van der Waals surface area contributed by atoms with Gasteiger partial charge >= 0.3 is 0 Å². The number of carbonyl (C=O) groups excluding carboxylic acids is 1. The molecule has 1 amide bonds. The highest BCUT2D eigenvalue weighted by Gasteiger charge is 2.35. The van der Waals surface area contributed by atoms with Crippen molar-refractivity contribution in [3.63, 3.8) is 0 Å². The maximum atomic E-state index is 13.6. The van der Waals surface area contributed by atoms with E-state index in [1.165, 1.54) is 0 Å². The minimum absolute atomic E-state index is 0.172. The monoisotopic (exact) mass is 337 g/mol. The average Bonchev–Trinajstić information content (AvgIpc) is 2.57. The molecule has 0 saturated heterocycles. The Morgan fingerprint density at radius 3 is 1.76 bits per heavy atom. The third-order valence-electron chi connectivity index (χ3n) is 4.41. The number of nitrogens with zero attached hydrogens (tertiary/aromatic N) is 1. The van der Waals surface area contributed by atoms with Gasteiger partial charge in [0.15, 0.2) is 0 Å². The molecule has 2 aromatic rings. The van der Waals surface area contributed by atoms with Crippen molar-refractivity contribution in [2.24, 2.45) is 11.8 Å². The van der Waals surface area contributed by atoms with E-state index in [9.17, 15) is 4.79 Å². The molecule has 0 spiro atoms. The van der Waals surface area contributed by atoms with Gasteiger partial charge < -0.3 is 9.64 Å². The Hall–Kier alpha value is -2.29. The largest absolute Gasteiger partial charge is 0.457 e. The number of amides is 1. The Morgan fingerprint density at radius 2 is 1.32 bits per heavy atom. The van der Waals surface area contributed by atoms with Crippen LogP contribution in [0.5, 0.6) is 11.5 Å². The third-order valence-corrected chi connectivity index (χ3v) is 4.41. The van der Waals surface area contributed by atoms with Crippen LogP contribution >= 0.6 is 0 Å². The summed E-state index contributed by atoms with van der Waals surface area (Å²) in [5, 5.41) is 0. The predicted octanol–water partition coefficient (Wildman–Crippen LogP) is 5.06. The van der Waals surface area contributed by atoms with Gasteiger partial charge in [-0.05, 0) is 24.0 Å². The number of hydrogen-bond acceptors (Lipinski definition) is 2. The highest BCUT2D eigenvalue weighted by atomic mass is 16.5. The maximum Gasteiger partial charge on any atom is 0.234 e. The average molecular weight is 337 g/mol. The summed E-state index contributed by atoms with van der Waals surface area (Å²) in [6, 6.07) is 15.8. The van der Waals surface area contributed by atoms with Gasteiger partial charge in [-0.15, -0.1) is 0 Å². The first-order chi connectivity index (χ1) is 12.0. The van der Waals surface area contributed by atoms with Gasteiger partial charge in [0.1, 0.15) is 11.5 Å². The molecule has 0 atom stereocenters. The van der Waals surface area contributed by atoms with Crippen molar-refractivity contribution in [2.75, 3.05) is 13.1 Å². The molecule has 0 N–H and O–H groups in total. The zero-order valence-corrected chi connectivity index (χ0v) is 15.5. The standard InChI is InChI=1S/C22H27NO2/c1-15(2)13-23(14-16(3)4)22(24)21-17-9-5-7-11-19(17)25-20-12-8-6-10-18(20)21/h5-12,15-16,21H,13-14H2,1-4H3. The quantitative estimate of drug-likeness (QED) is 0.763. The van der Waals surface area contributed by atoms with Gasteiger partial charge in [0, 0.05) is 24.2 Å². The summed E-state index contributed by atoms with van der Waals surface area (Å²) in [5.74, 6) is 2.33. The topological polar surface area (TPSA) is 29.5 Å². The van der Waals surface area contributed by atoms with E-state index in [4.69, 9.17) is 4.74 Å². The van der Waals surface area contributed by atoms with Gasteiger partial charge in [0.2, 0.25) is 5.91 Å². The molecule has 132 valence electrons. The SMILES string of the molecule is CC(C)CN(CC(C)C)C(=O)C1c2ccccc2Oc2ccccc21. The molecule has 3 rings (SSSR count). The Morgan fingerprint density at radius 1 is 0.880 bits per heavy atom. The zero-order valence-electron chi connectivity index (χ0n) is 15.5. The highest BCUT2D eigenvalue weighted by Crippen LogP contribution is 2.44. The van der Waals surface area contributed by atoms with Gasteiger partial charge in [-0.1, -0.05) is 64.1 Å². The van der Waals surface area contributed by atoms with Crippen molar-refractivity contribution >= 4 is 5.91 Å². The van der Waals surface area contributed by atoms with Crippen LogP contribution in [0, 0.1) is 11.8 Å². The number of rotatable bonds is 5. The minimum atomic E-state index is -0.293. The molecular formula is C22H27NO2. The highest BCUT2D eigenvalue weighted by molar-refractivity contribution is 5.89. The van der Waals surface area contributed by atoms with E-state index < -0.39 is 0 Å². The van der Waals surface area contributed by atoms with Gasteiger partial charge in [-0.2, -0.15) is 0 Å². The Balaban J connectivity index is 2.03. The Bertz CT molecular complexity index is 696. The van der Waals surface area contributed by atoms with E-state index >= 15 is 0 Å². The number of benzene rings is 2. The summed E-state index contributed by atoms with van der Waals surface area (Å²) in [7, 11) is 0. The number of fused-ring (bicyclic) bond motifs is 2. The van der Waals surface area contributed by atoms with Crippen molar-refractivity contribution in [2.45, 2.75) is 33.6 Å². The Kier molecular flexibility index (Phi) is 5.12. The number of ether oxygens (including phenoxy) is 1. The fourth-order valence-electron chi connectivity index (χ4n) is 3.49. The summed E-state index contributed by atoms with van der Waals surface area (Å²) in [4.78, 5) is 15.6. The summed E-state index contributed by atoms with van der Waals surface area (Å²) in [5.41, 5.74) is 1.92. The maximum absolute atomic E-state index is 13.6. The summed E-state index contributed by atoms with van der Waals surface area (Å²) < 4.78 is 6.03. The lowest BCUT2D eigenvalue weighted by atomic mass is 9.86. The van der Waals surface area contributed by atoms with E-state index in [-0.39, 0.29) is 11.8 Å². The van der Waals surface area contributed by atoms with Crippen molar-refractivity contribution < 1.29 is 9.53 Å². The van der Waals surface area contributed by atoms with E-state index in [1.54, 1.807) is 0 Å². The lowest BCUT2D eigenvalue weighted by Crippen LogP contribution is -2.41. The van der Waals surface area contributed by atoms with Crippen LogP contribution in [0.25, 0.3) is 0 Å². The van der Waals surface area contributed by atoms with Crippen molar-refractivity contribution in [3.05, 3.63) is 59.7 Å². The lowest BCUT2D eigenvalue weighted by molar-refractivity contribution is -0.133. The van der Waals surface area contributed by atoms with Crippen molar-refractivity contribution in [1.29, 1.82) is 0 Å². The zero-order chi connectivity index (χ0) is 18.0. The molecule has 0 radical (unpaired) electrons. The van der Waals surface area contributed by atoms with Gasteiger partial charge in [0.25, 0.3) is 0 Å². The molecule has 0 bridgehead atoms. The molecule has 1 heterocycles. The van der Waals surface area contributed by atoms with E-state index in [2.05, 4.69) is 27.7 Å². The second kappa shape index (κ2) is 7.30. The smallest absolute Gasteiger partial charge is 0.234 e. The first-order valence-corrected chi connectivity index (χ1v) is 9.12. The molecule has 1 aliphatic rings. The molecule has 3 heteroatoms. The van der Waals surface area contributed by atoms with Crippen molar-refractivity contribution in [3.8, 4) is 11.5 Å². The number of carbonyl (C=O) groups is 1. The normalized spacial score (nSPS) is 13.4. The second-order valence-electron chi connectivity index (χ2n) is 7.64. The van der Waals surface area contributed by atoms with Gasteiger partial charge in [0.05, 0.1) is 5.92 Å².